The van der Waals surface area contributed by atoms with Gasteiger partial charge in [-0.3, -0.25) is 9.59 Å². The van der Waals surface area contributed by atoms with Crippen LogP contribution in [0, 0.1) is 19.8 Å². The molecule has 2 aromatic rings. The van der Waals surface area contributed by atoms with Gasteiger partial charge in [0.2, 0.25) is 0 Å². The van der Waals surface area contributed by atoms with Crippen molar-refractivity contribution in [2.75, 3.05) is 13.1 Å². The Bertz CT molecular complexity index is 752. The fourth-order valence-electron chi connectivity index (χ4n) is 3.08. The first-order chi connectivity index (χ1) is 11.0. The van der Waals surface area contributed by atoms with Gasteiger partial charge in [0.1, 0.15) is 0 Å². The Balaban J connectivity index is 1.91. The van der Waals surface area contributed by atoms with Crippen LogP contribution in [0.4, 0.5) is 0 Å². The molecule has 6 nitrogen and oxygen atoms in total. The molecule has 1 amide bonds. The van der Waals surface area contributed by atoms with Gasteiger partial charge in [-0.1, -0.05) is 18.2 Å². The van der Waals surface area contributed by atoms with Crippen molar-refractivity contribution < 1.29 is 14.7 Å². The largest absolute Gasteiger partial charge is 0.481 e. The lowest BCUT2D eigenvalue weighted by molar-refractivity contribution is -0.141. The summed E-state index contributed by atoms with van der Waals surface area (Å²) in [7, 11) is 0. The highest BCUT2D eigenvalue weighted by Crippen LogP contribution is 2.23. The number of rotatable bonds is 3. The molecule has 120 valence electrons. The van der Waals surface area contributed by atoms with E-state index in [0.29, 0.717) is 24.2 Å². The van der Waals surface area contributed by atoms with Gasteiger partial charge in [-0.05, 0) is 32.4 Å². The number of carboxylic acid groups (broad SMARTS) is 1. The lowest BCUT2D eigenvalue weighted by Gasteiger charge is -2.16. The second kappa shape index (κ2) is 5.87. The first kappa shape index (κ1) is 15.3. The van der Waals surface area contributed by atoms with E-state index in [0.717, 1.165) is 11.4 Å². The summed E-state index contributed by atoms with van der Waals surface area (Å²) >= 11 is 0. The molecule has 0 spiro atoms. The molecule has 1 N–H and O–H groups in total. The first-order valence-corrected chi connectivity index (χ1v) is 7.62. The van der Waals surface area contributed by atoms with Gasteiger partial charge >= 0.3 is 5.97 Å². The number of aliphatic carboxylic acids is 1. The number of carbonyl (C=O) groups is 2. The van der Waals surface area contributed by atoms with Crippen molar-refractivity contribution >= 4 is 11.9 Å². The smallest absolute Gasteiger partial charge is 0.308 e. The number of hydrogen-bond donors (Lipinski definition) is 1. The molecule has 1 saturated heterocycles. The number of carboxylic acids is 1. The average Bonchev–Trinajstić information content (AvgIpc) is 3.13. The molecular formula is C17H19N3O3. The van der Waals surface area contributed by atoms with Gasteiger partial charge in [-0.2, -0.15) is 5.10 Å². The third-order valence-corrected chi connectivity index (χ3v) is 4.33. The van der Waals surface area contributed by atoms with Gasteiger partial charge in [0.05, 0.1) is 28.6 Å². The van der Waals surface area contributed by atoms with E-state index in [1.165, 1.54) is 0 Å². The number of aromatic nitrogens is 2. The number of para-hydroxylation sites is 1. The molecule has 0 radical (unpaired) electrons. The number of benzene rings is 1. The maximum Gasteiger partial charge on any atom is 0.308 e. The van der Waals surface area contributed by atoms with Crippen LogP contribution >= 0.6 is 0 Å². The SMILES string of the molecule is Cc1nn(-c2ccccc2)c(C)c1C(=O)N1CCC(C(=O)O)C1. The molecule has 0 saturated carbocycles. The summed E-state index contributed by atoms with van der Waals surface area (Å²) in [5.41, 5.74) is 2.91. The van der Waals surface area contributed by atoms with Crippen molar-refractivity contribution in [3.05, 3.63) is 47.3 Å². The molecule has 1 aromatic heterocycles. The topological polar surface area (TPSA) is 75.4 Å². The van der Waals surface area contributed by atoms with Crippen molar-refractivity contribution in [3.63, 3.8) is 0 Å². The Hall–Kier alpha value is -2.63. The zero-order chi connectivity index (χ0) is 16.6. The highest BCUT2D eigenvalue weighted by molar-refractivity contribution is 5.97. The Morgan fingerprint density at radius 3 is 2.52 bits per heavy atom. The van der Waals surface area contributed by atoms with E-state index in [9.17, 15) is 9.59 Å². The predicted molar refractivity (Wildman–Crippen MR) is 84.7 cm³/mol. The highest BCUT2D eigenvalue weighted by Gasteiger charge is 2.33. The molecule has 1 unspecified atom stereocenters. The average molecular weight is 313 g/mol. The number of amides is 1. The summed E-state index contributed by atoms with van der Waals surface area (Å²) in [5.74, 6) is -1.44. The Kier molecular flexibility index (Phi) is 3.90. The van der Waals surface area contributed by atoms with Crippen LogP contribution in [0.1, 0.15) is 28.2 Å². The van der Waals surface area contributed by atoms with Crippen LogP contribution in [-0.2, 0) is 4.79 Å². The van der Waals surface area contributed by atoms with Crippen molar-refractivity contribution in [1.29, 1.82) is 0 Å². The van der Waals surface area contributed by atoms with Crippen molar-refractivity contribution in [2.24, 2.45) is 5.92 Å². The number of carbonyl (C=O) groups excluding carboxylic acids is 1. The standard InChI is InChI=1S/C17H19N3O3/c1-11-15(16(21)19-9-8-13(10-19)17(22)23)12(2)20(18-11)14-6-4-3-5-7-14/h3-7,13H,8-10H2,1-2H3,(H,22,23). The van der Waals surface area contributed by atoms with Crippen LogP contribution in [0.25, 0.3) is 5.69 Å². The number of nitrogens with zero attached hydrogens (tertiary/aromatic N) is 3. The molecule has 1 aliphatic heterocycles. The van der Waals surface area contributed by atoms with E-state index in [2.05, 4.69) is 5.10 Å². The van der Waals surface area contributed by atoms with Crippen LogP contribution in [0.15, 0.2) is 30.3 Å². The van der Waals surface area contributed by atoms with E-state index < -0.39 is 11.9 Å². The van der Waals surface area contributed by atoms with Gasteiger partial charge in [-0.15, -0.1) is 0 Å². The van der Waals surface area contributed by atoms with Crippen LogP contribution in [0.3, 0.4) is 0 Å². The molecule has 1 aromatic carbocycles. The molecule has 23 heavy (non-hydrogen) atoms. The van der Waals surface area contributed by atoms with E-state index >= 15 is 0 Å². The monoisotopic (exact) mass is 313 g/mol. The summed E-state index contributed by atoms with van der Waals surface area (Å²) in [6.45, 7) is 4.42. The van der Waals surface area contributed by atoms with Gasteiger partial charge < -0.3 is 10.0 Å². The number of hydrogen-bond acceptors (Lipinski definition) is 3. The second-order valence-electron chi connectivity index (χ2n) is 5.87. The van der Waals surface area contributed by atoms with Gasteiger partial charge in [0.25, 0.3) is 5.91 Å². The van der Waals surface area contributed by atoms with E-state index in [-0.39, 0.29) is 12.5 Å². The first-order valence-electron chi connectivity index (χ1n) is 7.62. The van der Waals surface area contributed by atoms with E-state index in [4.69, 9.17) is 5.11 Å². The minimum atomic E-state index is -0.839. The van der Waals surface area contributed by atoms with Gasteiger partial charge in [0, 0.05) is 13.1 Å². The number of likely N-dealkylation sites (tertiary alicyclic amines) is 1. The summed E-state index contributed by atoms with van der Waals surface area (Å²) in [6.07, 6.45) is 0.506. The molecule has 1 atom stereocenters. The van der Waals surface area contributed by atoms with Crippen molar-refractivity contribution in [3.8, 4) is 5.69 Å². The lowest BCUT2D eigenvalue weighted by Crippen LogP contribution is -2.30. The zero-order valence-electron chi connectivity index (χ0n) is 13.2. The van der Waals surface area contributed by atoms with Crippen LogP contribution in [-0.4, -0.2) is 44.8 Å². The minimum Gasteiger partial charge on any atom is -0.481 e. The maximum absolute atomic E-state index is 12.8. The molecular weight excluding hydrogens is 294 g/mol. The third kappa shape index (κ3) is 2.72. The van der Waals surface area contributed by atoms with Crippen LogP contribution in [0.5, 0.6) is 0 Å². The minimum absolute atomic E-state index is 0.133. The summed E-state index contributed by atoms with van der Waals surface area (Å²) in [6, 6.07) is 9.64. The van der Waals surface area contributed by atoms with Gasteiger partial charge in [-0.25, -0.2) is 4.68 Å². The van der Waals surface area contributed by atoms with Gasteiger partial charge in [0.15, 0.2) is 0 Å². The molecule has 0 bridgehead atoms. The summed E-state index contributed by atoms with van der Waals surface area (Å²) < 4.78 is 1.76. The molecule has 1 aliphatic rings. The molecule has 0 aliphatic carbocycles. The normalized spacial score (nSPS) is 17.5. The quantitative estimate of drug-likeness (QED) is 0.941. The van der Waals surface area contributed by atoms with Crippen LogP contribution < -0.4 is 0 Å². The molecule has 3 rings (SSSR count). The Morgan fingerprint density at radius 2 is 1.91 bits per heavy atom. The predicted octanol–water partition coefficient (Wildman–Crippen LogP) is 2.04. The van der Waals surface area contributed by atoms with Crippen molar-refractivity contribution in [1.82, 2.24) is 14.7 Å². The molecule has 1 fully saturated rings. The van der Waals surface area contributed by atoms with E-state index in [1.807, 2.05) is 44.2 Å². The third-order valence-electron chi connectivity index (χ3n) is 4.33. The molecule has 6 heteroatoms. The van der Waals surface area contributed by atoms with E-state index in [1.54, 1.807) is 9.58 Å². The van der Waals surface area contributed by atoms with Crippen molar-refractivity contribution in [2.45, 2.75) is 20.3 Å². The lowest BCUT2D eigenvalue weighted by atomic mass is 10.1. The fraction of sp³-hybridized carbons (Fsp3) is 0.353. The van der Waals surface area contributed by atoms with Crippen LogP contribution in [0.2, 0.25) is 0 Å². The second-order valence-corrected chi connectivity index (χ2v) is 5.87. The fourth-order valence-corrected chi connectivity index (χ4v) is 3.08. The maximum atomic E-state index is 12.8. The summed E-state index contributed by atoms with van der Waals surface area (Å²) in [5, 5.41) is 13.6. The Labute approximate surface area is 134 Å². The summed E-state index contributed by atoms with van der Waals surface area (Å²) in [4.78, 5) is 25.5. The molecule has 2 heterocycles. The zero-order valence-corrected chi connectivity index (χ0v) is 13.2. The highest BCUT2D eigenvalue weighted by atomic mass is 16.4. The Morgan fingerprint density at radius 1 is 1.22 bits per heavy atom. The number of aryl methyl sites for hydroxylation is 1.